The fourth-order valence-electron chi connectivity index (χ4n) is 4.23. The largest absolute Gasteiger partial charge is 0.478 e. The molecule has 35 heavy (non-hydrogen) atoms. The number of anilines is 1. The lowest BCUT2D eigenvalue weighted by Gasteiger charge is -2.20. The van der Waals surface area contributed by atoms with Crippen molar-refractivity contribution in [3.8, 4) is 0 Å². The van der Waals surface area contributed by atoms with Gasteiger partial charge in [-0.15, -0.1) is 0 Å². The van der Waals surface area contributed by atoms with Gasteiger partial charge in [0.05, 0.1) is 10.7 Å². The molecule has 0 saturated carbocycles. The first-order valence-corrected chi connectivity index (χ1v) is 11.3. The van der Waals surface area contributed by atoms with Crippen LogP contribution in [0.4, 0.5) is 18.9 Å². The highest BCUT2D eigenvalue weighted by Crippen LogP contribution is 2.39. The molecule has 8 heteroatoms. The number of halogens is 4. The number of carboxylic acids is 1. The first-order valence-electron chi connectivity index (χ1n) is 10.9. The number of fused-ring (bicyclic) bond motifs is 1. The number of benzene rings is 3. The van der Waals surface area contributed by atoms with E-state index >= 15 is 0 Å². The van der Waals surface area contributed by atoms with E-state index < -0.39 is 18.3 Å². The number of hydrogen-bond acceptors (Lipinski definition) is 3. The molecule has 0 atom stereocenters. The molecule has 4 nitrogen and oxygen atoms in total. The Morgan fingerprint density at radius 2 is 1.83 bits per heavy atom. The monoisotopic (exact) mass is 498 g/mol. The molecule has 1 aliphatic heterocycles. The minimum atomic E-state index is -2.67. The molecule has 4 rings (SSSR count). The molecule has 2 N–H and O–H groups in total. The van der Waals surface area contributed by atoms with Gasteiger partial charge in [0.1, 0.15) is 5.82 Å². The lowest BCUT2D eigenvalue weighted by atomic mass is 9.87. The fraction of sp³-hybridized carbons (Fsp3) is 0.148. The Hall–Kier alpha value is -3.55. The summed E-state index contributed by atoms with van der Waals surface area (Å²) < 4.78 is 40.4. The molecule has 0 aliphatic carbocycles. The SMILES string of the molecule is CC/C(=C(/c1ccc(/C=C/C(=O)O)cc1)c1ccc2c(c1)CNN2C(F)F)c1ccc(F)cc1Cl. The van der Waals surface area contributed by atoms with Gasteiger partial charge < -0.3 is 5.11 Å². The maximum atomic E-state index is 13.8. The van der Waals surface area contributed by atoms with Crippen LogP contribution in [0.5, 0.6) is 0 Å². The van der Waals surface area contributed by atoms with E-state index in [0.29, 0.717) is 23.2 Å². The van der Waals surface area contributed by atoms with E-state index in [-0.39, 0.29) is 11.6 Å². The summed E-state index contributed by atoms with van der Waals surface area (Å²) in [6.07, 6.45) is 3.12. The van der Waals surface area contributed by atoms with E-state index in [1.165, 1.54) is 18.2 Å². The summed E-state index contributed by atoms with van der Waals surface area (Å²) in [5.41, 5.74) is 8.53. The first kappa shape index (κ1) is 24.6. The Balaban J connectivity index is 1.89. The summed E-state index contributed by atoms with van der Waals surface area (Å²) >= 11 is 6.43. The Bertz CT molecular complexity index is 1320. The van der Waals surface area contributed by atoms with Crippen LogP contribution in [0.25, 0.3) is 17.2 Å². The number of allylic oxidation sites excluding steroid dienone is 1. The Labute approximate surface area is 205 Å². The van der Waals surface area contributed by atoms with Crippen LogP contribution in [0.1, 0.15) is 41.2 Å². The third-order valence-corrected chi connectivity index (χ3v) is 6.10. The van der Waals surface area contributed by atoms with E-state index in [0.717, 1.165) is 38.9 Å². The van der Waals surface area contributed by atoms with E-state index in [4.69, 9.17) is 16.7 Å². The van der Waals surface area contributed by atoms with Gasteiger partial charge in [-0.25, -0.2) is 19.6 Å². The van der Waals surface area contributed by atoms with Crippen molar-refractivity contribution in [2.24, 2.45) is 0 Å². The van der Waals surface area contributed by atoms with Crippen molar-refractivity contribution >= 4 is 40.5 Å². The summed E-state index contributed by atoms with van der Waals surface area (Å²) in [7, 11) is 0. The van der Waals surface area contributed by atoms with Crippen LogP contribution >= 0.6 is 11.6 Å². The normalized spacial score (nSPS) is 13.9. The molecular weight excluding hydrogens is 477 g/mol. The highest BCUT2D eigenvalue weighted by molar-refractivity contribution is 6.32. The van der Waals surface area contributed by atoms with Gasteiger partial charge in [-0.05, 0) is 75.7 Å². The third kappa shape index (κ3) is 5.26. The number of carbonyl (C=O) groups is 1. The molecule has 0 radical (unpaired) electrons. The maximum absolute atomic E-state index is 13.8. The smallest absolute Gasteiger partial charge is 0.328 e. The molecule has 3 aromatic rings. The number of aliphatic carboxylic acids is 1. The molecule has 0 bridgehead atoms. The number of alkyl halides is 2. The highest BCUT2D eigenvalue weighted by atomic mass is 35.5. The molecule has 0 unspecified atom stereocenters. The summed E-state index contributed by atoms with van der Waals surface area (Å²) in [5.74, 6) is -1.49. The minimum Gasteiger partial charge on any atom is -0.478 e. The summed E-state index contributed by atoms with van der Waals surface area (Å²) in [6, 6.07) is 16.9. The van der Waals surface area contributed by atoms with Crippen molar-refractivity contribution in [2.75, 3.05) is 5.01 Å². The van der Waals surface area contributed by atoms with Crippen molar-refractivity contribution in [3.63, 3.8) is 0 Å². The molecule has 180 valence electrons. The number of rotatable bonds is 7. The van der Waals surface area contributed by atoms with Crippen LogP contribution < -0.4 is 10.4 Å². The zero-order valence-electron chi connectivity index (χ0n) is 18.7. The quantitative estimate of drug-likeness (QED) is 0.209. The van der Waals surface area contributed by atoms with Gasteiger partial charge in [0, 0.05) is 12.6 Å². The summed E-state index contributed by atoms with van der Waals surface area (Å²) in [5, 5.41) is 9.99. The average molecular weight is 499 g/mol. The van der Waals surface area contributed by atoms with Gasteiger partial charge in [0.25, 0.3) is 0 Å². The minimum absolute atomic E-state index is 0.262. The number of hydrogen-bond donors (Lipinski definition) is 2. The Kier molecular flexibility index (Phi) is 7.28. The highest BCUT2D eigenvalue weighted by Gasteiger charge is 2.26. The van der Waals surface area contributed by atoms with Crippen LogP contribution in [0.2, 0.25) is 5.02 Å². The van der Waals surface area contributed by atoms with Gasteiger partial charge >= 0.3 is 12.5 Å². The van der Waals surface area contributed by atoms with Crippen molar-refractivity contribution in [3.05, 3.63) is 105 Å². The predicted octanol–water partition coefficient (Wildman–Crippen LogP) is 6.99. The van der Waals surface area contributed by atoms with Crippen LogP contribution in [-0.2, 0) is 11.3 Å². The lowest BCUT2D eigenvalue weighted by molar-refractivity contribution is -0.131. The number of hydrazine groups is 1. The third-order valence-electron chi connectivity index (χ3n) is 5.79. The Morgan fingerprint density at radius 3 is 2.46 bits per heavy atom. The molecule has 1 heterocycles. The molecule has 0 fully saturated rings. The molecule has 0 spiro atoms. The van der Waals surface area contributed by atoms with Crippen molar-refractivity contribution in [1.82, 2.24) is 5.43 Å². The number of carboxylic acid groups (broad SMARTS) is 1. The van der Waals surface area contributed by atoms with E-state index in [1.54, 1.807) is 30.3 Å². The second-order valence-corrected chi connectivity index (χ2v) is 8.36. The molecular formula is C27H22ClF3N2O2. The van der Waals surface area contributed by atoms with Gasteiger partial charge in [-0.1, -0.05) is 54.9 Å². The van der Waals surface area contributed by atoms with Gasteiger partial charge in [0.2, 0.25) is 0 Å². The summed E-state index contributed by atoms with van der Waals surface area (Å²) in [4.78, 5) is 10.8. The van der Waals surface area contributed by atoms with Crippen molar-refractivity contribution in [2.45, 2.75) is 26.4 Å². The summed E-state index contributed by atoms with van der Waals surface area (Å²) in [6.45, 7) is -0.446. The van der Waals surface area contributed by atoms with Gasteiger partial charge in [-0.2, -0.15) is 8.78 Å². The number of nitrogens with zero attached hydrogens (tertiary/aromatic N) is 1. The second-order valence-electron chi connectivity index (χ2n) is 7.95. The fourth-order valence-corrected chi connectivity index (χ4v) is 4.51. The Morgan fingerprint density at radius 1 is 1.11 bits per heavy atom. The zero-order valence-corrected chi connectivity index (χ0v) is 19.5. The van der Waals surface area contributed by atoms with E-state index in [1.807, 2.05) is 25.1 Å². The van der Waals surface area contributed by atoms with Crippen molar-refractivity contribution < 1.29 is 23.1 Å². The van der Waals surface area contributed by atoms with Crippen LogP contribution in [0.3, 0.4) is 0 Å². The maximum Gasteiger partial charge on any atom is 0.328 e. The zero-order chi connectivity index (χ0) is 25.1. The molecule has 3 aromatic carbocycles. The number of nitrogens with one attached hydrogen (secondary N) is 1. The first-order chi connectivity index (χ1) is 16.8. The lowest BCUT2D eigenvalue weighted by Crippen LogP contribution is -2.36. The topological polar surface area (TPSA) is 52.6 Å². The van der Waals surface area contributed by atoms with Crippen LogP contribution in [-0.4, -0.2) is 17.6 Å². The van der Waals surface area contributed by atoms with E-state index in [2.05, 4.69) is 5.43 Å². The van der Waals surface area contributed by atoms with Crippen LogP contribution in [0.15, 0.2) is 66.7 Å². The molecule has 0 saturated heterocycles. The predicted molar refractivity (Wildman–Crippen MR) is 132 cm³/mol. The van der Waals surface area contributed by atoms with Crippen LogP contribution in [0, 0.1) is 5.82 Å². The van der Waals surface area contributed by atoms with Gasteiger partial charge in [0.15, 0.2) is 0 Å². The van der Waals surface area contributed by atoms with Crippen molar-refractivity contribution in [1.29, 1.82) is 0 Å². The van der Waals surface area contributed by atoms with Gasteiger partial charge in [-0.3, -0.25) is 0 Å². The molecule has 1 aliphatic rings. The molecule has 0 amide bonds. The molecule has 0 aromatic heterocycles. The second kappa shape index (κ2) is 10.4. The van der Waals surface area contributed by atoms with E-state index in [9.17, 15) is 18.0 Å². The average Bonchev–Trinajstić information content (AvgIpc) is 3.26. The standard InChI is InChI=1S/C27H22ClF3N2O2/c1-2-21(22-10-9-20(29)14-23(22)28)26(17-6-3-16(4-7-17)5-12-25(34)35)18-8-11-24-19(13-18)15-32-33(24)27(30)31/h3-14,27,32H,2,15H2,1H3,(H,34,35)/b12-5+,26-21+.